The van der Waals surface area contributed by atoms with Crippen LogP contribution >= 0.6 is 0 Å². The molecule has 0 aliphatic heterocycles. The molecule has 0 aliphatic rings. The molecule has 0 amide bonds. The molecule has 0 aromatic heterocycles. The summed E-state index contributed by atoms with van der Waals surface area (Å²) in [5, 5.41) is 0. The number of benzene rings is 1. The fourth-order valence-corrected chi connectivity index (χ4v) is 1.17. The minimum Gasteiger partial charge on any atom is -0.0841 e. The maximum atomic E-state index is 2.20. The lowest BCUT2D eigenvalue weighted by molar-refractivity contribution is 1.14. The maximum absolute atomic E-state index is 2.20. The van der Waals surface area contributed by atoms with E-state index in [-0.39, 0.29) is 0 Å². The first-order valence-electron chi connectivity index (χ1n) is 4.50. The second-order valence-electron chi connectivity index (χ2n) is 3.02. The summed E-state index contributed by atoms with van der Waals surface area (Å²) in [6.07, 6.45) is 3.26. The molecule has 0 atom stereocenters. The van der Waals surface area contributed by atoms with Crippen LogP contribution in [0, 0.1) is 0 Å². The van der Waals surface area contributed by atoms with Crippen LogP contribution in [0.5, 0.6) is 0 Å². The fourth-order valence-electron chi connectivity index (χ4n) is 1.17. The second kappa shape index (κ2) is 4.10. The van der Waals surface area contributed by atoms with Crippen molar-refractivity contribution < 1.29 is 0 Å². The van der Waals surface area contributed by atoms with Gasteiger partial charge in [-0.25, -0.2) is 0 Å². The standard InChI is InChI=1S/C12H16/c1-4-10(3)12-8-6-11(5-2)7-9-12/h4,6-9H,5H2,1-3H3/b10-4-. The predicted octanol–water partition coefficient (Wildman–Crippen LogP) is 3.67. The van der Waals surface area contributed by atoms with E-state index in [1.165, 1.54) is 16.7 Å². The lowest BCUT2D eigenvalue weighted by atomic mass is 10.0. The normalized spacial score (nSPS) is 11.8. The van der Waals surface area contributed by atoms with E-state index in [0.717, 1.165) is 6.42 Å². The van der Waals surface area contributed by atoms with Gasteiger partial charge in [-0.1, -0.05) is 37.3 Å². The average molecular weight is 160 g/mol. The van der Waals surface area contributed by atoms with Crippen molar-refractivity contribution in [1.29, 1.82) is 0 Å². The van der Waals surface area contributed by atoms with Crippen LogP contribution in [0.4, 0.5) is 0 Å². The summed E-state index contributed by atoms with van der Waals surface area (Å²) in [6, 6.07) is 8.77. The van der Waals surface area contributed by atoms with Crippen LogP contribution < -0.4 is 0 Å². The first kappa shape index (κ1) is 9.05. The zero-order valence-corrected chi connectivity index (χ0v) is 8.09. The molecule has 1 aromatic carbocycles. The Morgan fingerprint density at radius 3 is 2.25 bits per heavy atom. The monoisotopic (exact) mass is 160 g/mol. The Kier molecular flexibility index (Phi) is 3.09. The lowest BCUT2D eigenvalue weighted by Crippen LogP contribution is -1.82. The van der Waals surface area contributed by atoms with Crippen molar-refractivity contribution in [3.8, 4) is 0 Å². The minimum absolute atomic E-state index is 1.12. The van der Waals surface area contributed by atoms with Gasteiger partial charge in [0.25, 0.3) is 0 Å². The summed E-state index contributed by atoms with van der Waals surface area (Å²) in [6.45, 7) is 6.39. The van der Waals surface area contributed by atoms with E-state index in [1.807, 2.05) is 0 Å². The van der Waals surface area contributed by atoms with Crippen molar-refractivity contribution in [1.82, 2.24) is 0 Å². The summed E-state index contributed by atoms with van der Waals surface area (Å²) in [7, 11) is 0. The third-order valence-electron chi connectivity index (χ3n) is 2.25. The van der Waals surface area contributed by atoms with Crippen LogP contribution in [0.3, 0.4) is 0 Å². The zero-order chi connectivity index (χ0) is 8.97. The Morgan fingerprint density at radius 2 is 1.83 bits per heavy atom. The molecule has 0 saturated carbocycles. The van der Waals surface area contributed by atoms with Gasteiger partial charge in [0.15, 0.2) is 0 Å². The van der Waals surface area contributed by atoms with E-state index in [9.17, 15) is 0 Å². The highest BCUT2D eigenvalue weighted by Gasteiger charge is 1.93. The maximum Gasteiger partial charge on any atom is -0.0230 e. The van der Waals surface area contributed by atoms with Crippen LogP contribution in [-0.4, -0.2) is 0 Å². The molecule has 64 valence electrons. The lowest BCUT2D eigenvalue weighted by Gasteiger charge is -2.01. The molecule has 0 heteroatoms. The van der Waals surface area contributed by atoms with Crippen LogP contribution in [0.2, 0.25) is 0 Å². The summed E-state index contributed by atoms with van der Waals surface area (Å²) in [4.78, 5) is 0. The molecule has 0 spiro atoms. The zero-order valence-electron chi connectivity index (χ0n) is 8.09. The highest BCUT2D eigenvalue weighted by Crippen LogP contribution is 2.14. The van der Waals surface area contributed by atoms with Crippen LogP contribution in [0.25, 0.3) is 5.57 Å². The molecular weight excluding hydrogens is 144 g/mol. The third kappa shape index (κ3) is 1.97. The Labute approximate surface area is 74.9 Å². The van der Waals surface area contributed by atoms with Gasteiger partial charge < -0.3 is 0 Å². The summed E-state index contributed by atoms with van der Waals surface area (Å²) < 4.78 is 0. The average Bonchev–Trinajstić information content (AvgIpc) is 2.17. The molecule has 0 unspecified atom stereocenters. The number of allylic oxidation sites excluding steroid dienone is 2. The van der Waals surface area contributed by atoms with Crippen LogP contribution in [0.1, 0.15) is 31.9 Å². The number of rotatable bonds is 2. The summed E-state index contributed by atoms with van der Waals surface area (Å²) >= 11 is 0. The first-order chi connectivity index (χ1) is 5.77. The topological polar surface area (TPSA) is 0 Å². The van der Waals surface area contributed by atoms with Crippen LogP contribution in [0.15, 0.2) is 30.3 Å². The van der Waals surface area contributed by atoms with E-state index >= 15 is 0 Å². The smallest absolute Gasteiger partial charge is 0.0230 e. The SMILES string of the molecule is C/C=C(/C)c1ccc(CC)cc1. The second-order valence-corrected chi connectivity index (χ2v) is 3.02. The van der Waals surface area contributed by atoms with E-state index < -0.39 is 0 Å². The molecule has 1 rings (SSSR count). The Morgan fingerprint density at radius 1 is 1.25 bits per heavy atom. The van der Waals surface area contributed by atoms with Crippen molar-refractivity contribution in [2.45, 2.75) is 27.2 Å². The van der Waals surface area contributed by atoms with Crippen molar-refractivity contribution in [3.63, 3.8) is 0 Å². The van der Waals surface area contributed by atoms with Gasteiger partial charge in [0, 0.05) is 0 Å². The van der Waals surface area contributed by atoms with E-state index in [1.54, 1.807) is 0 Å². The Bertz CT molecular complexity index is 265. The third-order valence-corrected chi connectivity index (χ3v) is 2.25. The van der Waals surface area contributed by atoms with Gasteiger partial charge >= 0.3 is 0 Å². The minimum atomic E-state index is 1.12. The number of aryl methyl sites for hydroxylation is 1. The van der Waals surface area contributed by atoms with Crippen molar-refractivity contribution >= 4 is 5.57 Å². The highest BCUT2D eigenvalue weighted by molar-refractivity contribution is 5.63. The highest BCUT2D eigenvalue weighted by atomic mass is 14.0. The van der Waals surface area contributed by atoms with Crippen LogP contribution in [-0.2, 0) is 6.42 Å². The van der Waals surface area contributed by atoms with Gasteiger partial charge in [-0.05, 0) is 37.0 Å². The van der Waals surface area contributed by atoms with Gasteiger partial charge in [0.2, 0.25) is 0 Å². The Hall–Kier alpha value is -1.04. The Balaban J connectivity index is 2.92. The van der Waals surface area contributed by atoms with Crippen molar-refractivity contribution in [3.05, 3.63) is 41.5 Å². The molecule has 0 aliphatic carbocycles. The first-order valence-corrected chi connectivity index (χ1v) is 4.50. The molecule has 12 heavy (non-hydrogen) atoms. The van der Waals surface area contributed by atoms with Gasteiger partial charge in [-0.3, -0.25) is 0 Å². The molecule has 0 heterocycles. The number of hydrogen-bond acceptors (Lipinski definition) is 0. The molecule has 0 N–H and O–H groups in total. The molecular formula is C12H16. The summed E-state index contributed by atoms with van der Waals surface area (Å²) in [5.74, 6) is 0. The van der Waals surface area contributed by atoms with Gasteiger partial charge in [0.1, 0.15) is 0 Å². The van der Waals surface area contributed by atoms with Gasteiger partial charge in [-0.15, -0.1) is 0 Å². The van der Waals surface area contributed by atoms with Crippen molar-refractivity contribution in [2.75, 3.05) is 0 Å². The molecule has 1 aromatic rings. The molecule has 0 nitrogen and oxygen atoms in total. The molecule has 0 radical (unpaired) electrons. The fraction of sp³-hybridized carbons (Fsp3) is 0.333. The largest absolute Gasteiger partial charge is 0.0841 e. The van der Waals surface area contributed by atoms with Gasteiger partial charge in [-0.2, -0.15) is 0 Å². The molecule has 0 saturated heterocycles. The van der Waals surface area contributed by atoms with E-state index in [4.69, 9.17) is 0 Å². The molecule has 0 fully saturated rings. The predicted molar refractivity (Wildman–Crippen MR) is 55.1 cm³/mol. The quantitative estimate of drug-likeness (QED) is 0.619. The van der Waals surface area contributed by atoms with E-state index in [0.29, 0.717) is 0 Å². The van der Waals surface area contributed by atoms with Gasteiger partial charge in [0.05, 0.1) is 0 Å². The van der Waals surface area contributed by atoms with E-state index in [2.05, 4.69) is 51.1 Å². The van der Waals surface area contributed by atoms with Crippen molar-refractivity contribution in [2.24, 2.45) is 0 Å². The molecule has 0 bridgehead atoms. The number of hydrogen-bond donors (Lipinski definition) is 0. The summed E-state index contributed by atoms with van der Waals surface area (Å²) in [5.41, 5.74) is 4.08.